The number of pyridine rings is 1. The van der Waals surface area contributed by atoms with Crippen molar-refractivity contribution in [2.75, 3.05) is 0 Å². The van der Waals surface area contributed by atoms with Crippen molar-refractivity contribution in [2.24, 2.45) is 0 Å². The summed E-state index contributed by atoms with van der Waals surface area (Å²) >= 11 is 0. The SMILES string of the molecule is FC(F)(F)c1ccc2cc3c(cc2c1)oc1c(-c2nc4cccc5c6ccccc6c6ccccc6c6ccccc6n2c45)[c-]ccc13.[Ir].[c-]1ccccc1-c1ccccn1. The third-order valence-electron chi connectivity index (χ3n) is 11.1. The van der Waals surface area contributed by atoms with Crippen molar-refractivity contribution in [1.82, 2.24) is 14.4 Å². The summed E-state index contributed by atoms with van der Waals surface area (Å²) < 4.78 is 49.4. The van der Waals surface area contributed by atoms with E-state index in [9.17, 15) is 13.2 Å². The van der Waals surface area contributed by atoms with Crippen LogP contribution in [0.25, 0.3) is 104 Å². The molecule has 8 aromatic carbocycles. The topological polar surface area (TPSA) is 43.3 Å². The predicted molar refractivity (Wildman–Crippen MR) is 237 cm³/mol. The van der Waals surface area contributed by atoms with Crippen molar-refractivity contribution in [2.45, 2.75) is 6.18 Å². The number of rotatable bonds is 2. The van der Waals surface area contributed by atoms with Gasteiger partial charge in [-0.05, 0) is 80.5 Å². The number of imidazole rings is 1. The van der Waals surface area contributed by atoms with Crippen molar-refractivity contribution in [3.8, 4) is 22.6 Å². The number of fused-ring (bicyclic) bond motifs is 11. The van der Waals surface area contributed by atoms with Gasteiger partial charge in [0.2, 0.25) is 0 Å². The van der Waals surface area contributed by atoms with Crippen LogP contribution in [0.3, 0.4) is 0 Å². The van der Waals surface area contributed by atoms with Crippen LogP contribution in [-0.4, -0.2) is 14.4 Å². The number of alkyl halides is 3. The van der Waals surface area contributed by atoms with Crippen molar-refractivity contribution in [3.05, 3.63) is 200 Å². The summed E-state index contributed by atoms with van der Waals surface area (Å²) in [6.45, 7) is 0. The maximum absolute atomic E-state index is 13.5. The van der Waals surface area contributed by atoms with Crippen LogP contribution >= 0.6 is 0 Å². The standard InChI is InChI=1S/C42H22F3N2O.C11H8N.Ir/c43-42(44,45)26-20-19-24-22-35-33-15-7-16-34(40(33)48-38(35)23-25(24)21-26)41-46-36-17-8-14-32-30-12-4-2-10-28(30)27-9-1-3-11-29(27)31-13-5-6-18-37(31)47(41)39(32)36;1-2-6-10(7-3-1)11-8-4-5-9-12-11;/h1-15,17-23H;1-6,8-9H;/q2*-1;. The molecule has 1 radical (unpaired) electrons. The molecular formula is C53H30F3IrN3O-2. The predicted octanol–water partition coefficient (Wildman–Crippen LogP) is 14.6. The normalized spacial score (nSPS) is 11.7. The molecule has 0 amide bonds. The molecule has 0 saturated carbocycles. The number of hydrogen-bond acceptors (Lipinski definition) is 3. The molecule has 0 saturated heterocycles. The van der Waals surface area contributed by atoms with Gasteiger partial charge in [-0.1, -0.05) is 108 Å². The quantitative estimate of drug-likeness (QED) is 0.162. The maximum Gasteiger partial charge on any atom is 0.416 e. The Kier molecular flexibility index (Phi) is 9.47. The number of furan rings is 1. The molecule has 295 valence electrons. The first-order valence-electron chi connectivity index (χ1n) is 19.5. The number of nitrogens with zero attached hydrogens (tertiary/aromatic N) is 3. The molecule has 4 aromatic heterocycles. The molecular weight excluding hydrogens is 944 g/mol. The molecule has 0 aliphatic carbocycles. The number of halogens is 3. The van der Waals surface area contributed by atoms with E-state index in [0.29, 0.717) is 33.3 Å². The molecule has 0 aliphatic rings. The third kappa shape index (κ3) is 6.52. The van der Waals surface area contributed by atoms with Crippen molar-refractivity contribution in [1.29, 1.82) is 0 Å². The molecule has 0 atom stereocenters. The Hall–Kier alpha value is -7.12. The minimum atomic E-state index is -4.43. The summed E-state index contributed by atoms with van der Waals surface area (Å²) in [5.41, 5.74) is 5.82. The Labute approximate surface area is 360 Å². The van der Waals surface area contributed by atoms with Gasteiger partial charge in [0.15, 0.2) is 0 Å². The van der Waals surface area contributed by atoms with Gasteiger partial charge in [-0.25, -0.2) is 0 Å². The van der Waals surface area contributed by atoms with E-state index < -0.39 is 11.7 Å². The third-order valence-corrected chi connectivity index (χ3v) is 11.1. The van der Waals surface area contributed by atoms with Crippen LogP contribution in [0.5, 0.6) is 0 Å². The van der Waals surface area contributed by atoms with E-state index in [4.69, 9.17) is 9.40 Å². The van der Waals surface area contributed by atoms with Crippen LogP contribution < -0.4 is 0 Å². The van der Waals surface area contributed by atoms with E-state index in [1.54, 1.807) is 12.3 Å². The molecule has 12 rings (SSSR count). The first kappa shape index (κ1) is 38.1. The molecule has 4 heterocycles. The fraction of sp³-hybridized carbons (Fsp3) is 0.0189. The van der Waals surface area contributed by atoms with E-state index in [2.05, 4.69) is 94.3 Å². The monoisotopic (exact) mass is 974 g/mol. The minimum absolute atomic E-state index is 0. The zero-order chi connectivity index (χ0) is 40.4. The largest absolute Gasteiger partial charge is 0.501 e. The van der Waals surface area contributed by atoms with E-state index in [1.807, 2.05) is 78.9 Å². The van der Waals surface area contributed by atoms with Crippen molar-refractivity contribution >= 4 is 81.6 Å². The molecule has 0 unspecified atom stereocenters. The smallest absolute Gasteiger partial charge is 0.416 e. The van der Waals surface area contributed by atoms with Crippen LogP contribution in [0.1, 0.15) is 5.56 Å². The van der Waals surface area contributed by atoms with Gasteiger partial charge in [-0.3, -0.25) is 4.98 Å². The molecule has 4 nitrogen and oxygen atoms in total. The van der Waals surface area contributed by atoms with E-state index >= 15 is 0 Å². The number of benzene rings is 8. The minimum Gasteiger partial charge on any atom is -0.501 e. The zero-order valence-electron chi connectivity index (χ0n) is 32.0. The Morgan fingerprint density at radius 1 is 0.541 bits per heavy atom. The summed E-state index contributed by atoms with van der Waals surface area (Å²) in [6.07, 6.45) is -2.65. The fourth-order valence-corrected chi connectivity index (χ4v) is 8.45. The first-order valence-corrected chi connectivity index (χ1v) is 19.5. The average Bonchev–Trinajstić information content (AvgIpc) is 3.87. The summed E-state index contributed by atoms with van der Waals surface area (Å²) in [5, 5.41) is 9.43. The molecule has 0 bridgehead atoms. The molecule has 0 fully saturated rings. The zero-order valence-corrected chi connectivity index (χ0v) is 34.4. The van der Waals surface area contributed by atoms with Gasteiger partial charge >= 0.3 is 6.18 Å². The Bertz CT molecular complexity index is 3620. The number of aromatic nitrogens is 3. The molecule has 8 heteroatoms. The first-order chi connectivity index (χ1) is 29.4. The Morgan fingerprint density at radius 3 is 1.95 bits per heavy atom. The van der Waals surface area contributed by atoms with Gasteiger partial charge in [0.25, 0.3) is 0 Å². The van der Waals surface area contributed by atoms with Crippen LogP contribution in [0.4, 0.5) is 13.2 Å². The molecule has 0 spiro atoms. The fourth-order valence-electron chi connectivity index (χ4n) is 8.45. The van der Waals surface area contributed by atoms with Crippen LogP contribution in [-0.2, 0) is 26.3 Å². The average molecular weight is 974 g/mol. The molecule has 12 aromatic rings. The number of hydrogen-bond donors (Lipinski definition) is 0. The van der Waals surface area contributed by atoms with Gasteiger partial charge in [-0.2, -0.15) is 13.2 Å². The van der Waals surface area contributed by atoms with Gasteiger partial charge in [0.1, 0.15) is 5.58 Å². The van der Waals surface area contributed by atoms with Crippen LogP contribution in [0.15, 0.2) is 187 Å². The Balaban J connectivity index is 0.000000296. The number of para-hydroxylation sites is 2. The van der Waals surface area contributed by atoms with E-state index in [1.165, 1.54) is 12.1 Å². The molecule has 0 N–H and O–H groups in total. The summed E-state index contributed by atoms with van der Waals surface area (Å²) in [4.78, 5) is 9.47. The van der Waals surface area contributed by atoms with Crippen molar-refractivity contribution in [3.63, 3.8) is 0 Å². The van der Waals surface area contributed by atoms with E-state index in [-0.39, 0.29) is 20.1 Å². The second kappa shape index (κ2) is 15.2. The van der Waals surface area contributed by atoms with Crippen LogP contribution in [0, 0.1) is 12.1 Å². The second-order valence-corrected chi connectivity index (χ2v) is 14.6. The summed E-state index contributed by atoms with van der Waals surface area (Å²) in [5.74, 6) is 0.662. The van der Waals surface area contributed by atoms with Crippen molar-refractivity contribution < 1.29 is 37.7 Å². The Morgan fingerprint density at radius 2 is 1.23 bits per heavy atom. The van der Waals surface area contributed by atoms with Gasteiger partial charge in [-0.15, -0.1) is 54.1 Å². The summed E-state index contributed by atoms with van der Waals surface area (Å²) in [6, 6.07) is 63.0. The molecule has 61 heavy (non-hydrogen) atoms. The molecule has 0 aliphatic heterocycles. The maximum atomic E-state index is 13.5. The second-order valence-electron chi connectivity index (χ2n) is 14.6. The van der Waals surface area contributed by atoms with Gasteiger partial charge in [0, 0.05) is 48.0 Å². The van der Waals surface area contributed by atoms with Gasteiger partial charge in [0.05, 0.1) is 28.0 Å². The van der Waals surface area contributed by atoms with Gasteiger partial charge < -0.3 is 13.8 Å². The van der Waals surface area contributed by atoms with Crippen LogP contribution in [0.2, 0.25) is 0 Å². The summed E-state index contributed by atoms with van der Waals surface area (Å²) in [7, 11) is 0. The van der Waals surface area contributed by atoms with E-state index in [0.717, 1.165) is 77.0 Å².